The molecule has 2 fully saturated rings. The maximum atomic E-state index is 13.4. The number of amides is 1. The van der Waals surface area contributed by atoms with E-state index in [4.69, 9.17) is 0 Å². The van der Waals surface area contributed by atoms with E-state index in [1.165, 1.54) is 47.5 Å². The molecule has 3 heterocycles. The van der Waals surface area contributed by atoms with Gasteiger partial charge in [-0.05, 0) is 88.6 Å². The maximum Gasteiger partial charge on any atom is 0.271 e. The van der Waals surface area contributed by atoms with Crippen LogP contribution >= 0.6 is 11.5 Å². The Balaban J connectivity index is 1.41. The molecule has 0 N–H and O–H groups in total. The number of hydrogen-bond donors (Lipinski definition) is 0. The number of anilines is 1. The Labute approximate surface area is 182 Å². The molecule has 1 unspecified atom stereocenters. The summed E-state index contributed by atoms with van der Waals surface area (Å²) in [7, 11) is 0. The Hall–Kier alpha value is -2.05. The SMILES string of the molecule is C=C1CCCC(N2CCC3(CC2)CN(C(=O)c2snnc2C)c2ccc(C)cc23)C1. The van der Waals surface area contributed by atoms with E-state index in [0.29, 0.717) is 10.9 Å². The first kappa shape index (κ1) is 19.9. The monoisotopic (exact) mass is 422 g/mol. The van der Waals surface area contributed by atoms with E-state index in [9.17, 15) is 4.79 Å². The van der Waals surface area contributed by atoms with Gasteiger partial charge in [0, 0.05) is 23.7 Å². The first-order valence-corrected chi connectivity index (χ1v) is 11.9. The average Bonchev–Trinajstić information content (AvgIpc) is 3.30. The summed E-state index contributed by atoms with van der Waals surface area (Å²) in [6.45, 7) is 11.3. The van der Waals surface area contributed by atoms with Crippen molar-refractivity contribution in [3.8, 4) is 0 Å². The van der Waals surface area contributed by atoms with Crippen LogP contribution in [0, 0.1) is 13.8 Å². The highest BCUT2D eigenvalue weighted by Gasteiger charge is 2.47. The third kappa shape index (κ3) is 3.30. The highest BCUT2D eigenvalue weighted by atomic mass is 32.1. The van der Waals surface area contributed by atoms with E-state index in [1.807, 2.05) is 11.8 Å². The summed E-state index contributed by atoms with van der Waals surface area (Å²) in [5.41, 5.74) is 5.91. The minimum Gasteiger partial charge on any atom is -0.306 e. The van der Waals surface area contributed by atoms with E-state index in [2.05, 4.69) is 46.2 Å². The second kappa shape index (κ2) is 7.57. The van der Waals surface area contributed by atoms with E-state index < -0.39 is 0 Å². The van der Waals surface area contributed by atoms with Crippen molar-refractivity contribution in [2.24, 2.45) is 0 Å². The van der Waals surface area contributed by atoms with Crippen molar-refractivity contribution in [3.05, 3.63) is 52.0 Å². The van der Waals surface area contributed by atoms with Gasteiger partial charge < -0.3 is 9.80 Å². The fourth-order valence-corrected chi connectivity index (χ4v) is 6.30. The van der Waals surface area contributed by atoms with Gasteiger partial charge in [-0.1, -0.05) is 34.3 Å². The van der Waals surface area contributed by atoms with Crippen molar-refractivity contribution in [1.29, 1.82) is 0 Å². The zero-order chi connectivity index (χ0) is 20.9. The van der Waals surface area contributed by atoms with Crippen molar-refractivity contribution in [3.63, 3.8) is 0 Å². The molecule has 5 rings (SSSR count). The maximum absolute atomic E-state index is 13.4. The molecule has 2 aliphatic heterocycles. The molecular weight excluding hydrogens is 392 g/mol. The molecule has 6 heteroatoms. The molecule has 5 nitrogen and oxygen atoms in total. The molecule has 1 aromatic heterocycles. The number of piperidine rings is 1. The van der Waals surface area contributed by atoms with Crippen LogP contribution in [0.5, 0.6) is 0 Å². The lowest BCUT2D eigenvalue weighted by Crippen LogP contribution is -2.49. The second-order valence-electron chi connectivity index (χ2n) is 9.42. The zero-order valence-electron chi connectivity index (χ0n) is 18.0. The van der Waals surface area contributed by atoms with Crippen LogP contribution in [0.15, 0.2) is 30.4 Å². The Morgan fingerprint density at radius 1 is 1.27 bits per heavy atom. The number of rotatable bonds is 2. The molecule has 1 aliphatic carbocycles. The normalized spacial score (nSPS) is 23.7. The summed E-state index contributed by atoms with van der Waals surface area (Å²) in [5, 5.41) is 4.06. The third-order valence-electron chi connectivity index (χ3n) is 7.43. The minimum atomic E-state index is 0.0514. The van der Waals surface area contributed by atoms with E-state index in [0.717, 1.165) is 50.3 Å². The smallest absolute Gasteiger partial charge is 0.271 e. The van der Waals surface area contributed by atoms with Gasteiger partial charge in [0.25, 0.3) is 5.91 Å². The lowest BCUT2D eigenvalue weighted by molar-refractivity contribution is 0.0946. The van der Waals surface area contributed by atoms with Crippen LogP contribution in [0.4, 0.5) is 5.69 Å². The summed E-state index contributed by atoms with van der Waals surface area (Å²) in [5.74, 6) is 0.0514. The van der Waals surface area contributed by atoms with Gasteiger partial charge in [-0.15, -0.1) is 5.10 Å². The standard InChI is InChI=1S/C24H30N4OS/c1-16-5-4-6-19(13-16)27-11-9-24(10-12-27)15-28(21-8-7-17(2)14-20(21)24)23(29)22-18(3)25-26-30-22/h7-8,14,19H,1,4-6,9-13,15H2,2-3H3. The van der Waals surface area contributed by atoms with Crippen molar-refractivity contribution in [2.75, 3.05) is 24.5 Å². The van der Waals surface area contributed by atoms with Crippen LogP contribution in [0.25, 0.3) is 0 Å². The highest BCUT2D eigenvalue weighted by molar-refractivity contribution is 7.08. The van der Waals surface area contributed by atoms with E-state index in [-0.39, 0.29) is 11.3 Å². The number of likely N-dealkylation sites (tertiary alicyclic amines) is 1. The van der Waals surface area contributed by atoms with Crippen LogP contribution in [-0.2, 0) is 5.41 Å². The van der Waals surface area contributed by atoms with Gasteiger partial charge in [0.05, 0.1) is 5.69 Å². The number of carbonyl (C=O) groups excluding carboxylic acids is 1. The molecule has 1 saturated heterocycles. The van der Waals surface area contributed by atoms with E-state index in [1.54, 1.807) is 0 Å². The number of aromatic nitrogens is 2. The molecule has 1 spiro atoms. The summed E-state index contributed by atoms with van der Waals surface area (Å²) in [6, 6.07) is 7.24. The molecule has 1 amide bonds. The molecule has 1 saturated carbocycles. The molecule has 158 valence electrons. The minimum absolute atomic E-state index is 0.0514. The first-order valence-electron chi connectivity index (χ1n) is 11.1. The van der Waals surface area contributed by atoms with Gasteiger partial charge in [-0.25, -0.2) is 0 Å². The Bertz CT molecular complexity index is 989. The molecule has 1 atom stereocenters. The van der Waals surface area contributed by atoms with Crippen LogP contribution in [0.3, 0.4) is 0 Å². The summed E-state index contributed by atoms with van der Waals surface area (Å²) in [4.78, 5) is 18.7. The number of fused-ring (bicyclic) bond motifs is 2. The first-order chi connectivity index (χ1) is 14.5. The summed E-state index contributed by atoms with van der Waals surface area (Å²) in [6.07, 6.45) is 7.14. The van der Waals surface area contributed by atoms with Gasteiger partial charge in [-0.3, -0.25) is 4.79 Å². The van der Waals surface area contributed by atoms with Crippen molar-refractivity contribution < 1.29 is 4.79 Å². The van der Waals surface area contributed by atoms with Crippen LogP contribution in [0.1, 0.15) is 65.0 Å². The van der Waals surface area contributed by atoms with Gasteiger partial charge in [-0.2, -0.15) is 0 Å². The topological polar surface area (TPSA) is 49.3 Å². The van der Waals surface area contributed by atoms with Crippen LogP contribution in [-0.4, -0.2) is 46.1 Å². The summed E-state index contributed by atoms with van der Waals surface area (Å²) >= 11 is 1.21. The van der Waals surface area contributed by atoms with Gasteiger partial charge in [0.2, 0.25) is 0 Å². The van der Waals surface area contributed by atoms with Crippen LogP contribution in [0.2, 0.25) is 0 Å². The molecule has 3 aliphatic rings. The summed E-state index contributed by atoms with van der Waals surface area (Å²) < 4.78 is 3.99. The Kier molecular flexibility index (Phi) is 5.02. The number of nitrogens with zero attached hydrogens (tertiary/aromatic N) is 4. The van der Waals surface area contributed by atoms with Crippen LogP contribution < -0.4 is 4.90 Å². The van der Waals surface area contributed by atoms with Gasteiger partial charge in [0.15, 0.2) is 0 Å². The van der Waals surface area contributed by atoms with Crippen molar-refractivity contribution >= 4 is 23.1 Å². The Morgan fingerprint density at radius 2 is 2.07 bits per heavy atom. The lowest BCUT2D eigenvalue weighted by atomic mass is 9.73. The predicted octanol–water partition coefficient (Wildman–Crippen LogP) is 4.65. The zero-order valence-corrected chi connectivity index (χ0v) is 18.8. The van der Waals surface area contributed by atoms with Crippen molar-refractivity contribution in [2.45, 2.75) is 63.8 Å². The molecule has 30 heavy (non-hydrogen) atoms. The number of hydrogen-bond acceptors (Lipinski definition) is 5. The molecule has 2 aromatic rings. The Morgan fingerprint density at radius 3 is 2.77 bits per heavy atom. The van der Waals surface area contributed by atoms with Gasteiger partial charge in [0.1, 0.15) is 4.88 Å². The fraction of sp³-hybridized carbons (Fsp3) is 0.542. The number of carbonyl (C=O) groups is 1. The van der Waals surface area contributed by atoms with Crippen molar-refractivity contribution in [1.82, 2.24) is 14.5 Å². The fourth-order valence-electron chi connectivity index (χ4n) is 5.70. The second-order valence-corrected chi connectivity index (χ2v) is 10.2. The average molecular weight is 423 g/mol. The number of aryl methyl sites for hydroxylation is 2. The van der Waals surface area contributed by atoms with Gasteiger partial charge >= 0.3 is 0 Å². The number of benzene rings is 1. The predicted molar refractivity (Wildman–Crippen MR) is 121 cm³/mol. The quantitative estimate of drug-likeness (QED) is 0.661. The highest BCUT2D eigenvalue weighted by Crippen LogP contribution is 2.48. The molecular formula is C24H30N4OS. The van der Waals surface area contributed by atoms with E-state index >= 15 is 0 Å². The molecule has 1 aromatic carbocycles. The third-order valence-corrected chi connectivity index (χ3v) is 8.25. The largest absolute Gasteiger partial charge is 0.306 e. The molecule has 0 bridgehead atoms. The molecule has 0 radical (unpaired) electrons. The lowest BCUT2D eigenvalue weighted by Gasteiger charge is -2.44.